The van der Waals surface area contributed by atoms with Gasteiger partial charge >= 0.3 is 51.4 Å². The molecule has 4 rings (SSSR count). The molecule has 1 aliphatic carbocycles. The molecule has 170 valence electrons. The molecule has 1 heterocycles. The van der Waals surface area contributed by atoms with Crippen LogP contribution in [-0.2, 0) is 0 Å². The number of halogens is 8. The minimum atomic E-state index is -1.62. The SMILES string of the molecule is O=C([O-])c1c(Cl)c(Cl)c(Cl)c(Cl)c1-c1c2cc(I)c(=O)c(I)c-2oc2c(I)c(O)c(I)cc12.[K+]. The summed E-state index contributed by atoms with van der Waals surface area (Å²) in [6, 6.07) is 3.18. The first kappa shape index (κ1) is 30.7. The van der Waals surface area contributed by atoms with Crippen molar-refractivity contribution in [3.05, 3.63) is 62.3 Å². The van der Waals surface area contributed by atoms with E-state index in [4.69, 9.17) is 50.8 Å². The third-order valence-electron chi connectivity index (χ3n) is 4.74. The molecule has 0 saturated carbocycles. The van der Waals surface area contributed by atoms with Gasteiger partial charge in [-0.25, -0.2) is 0 Å². The van der Waals surface area contributed by atoms with E-state index in [1.807, 2.05) is 90.4 Å². The third-order valence-corrected chi connectivity index (χ3v) is 10.2. The van der Waals surface area contributed by atoms with Crippen molar-refractivity contribution >= 4 is 154 Å². The summed E-state index contributed by atoms with van der Waals surface area (Å²) in [5.74, 6) is -1.46. The Morgan fingerprint density at radius 2 is 1.47 bits per heavy atom. The van der Waals surface area contributed by atoms with Crippen molar-refractivity contribution in [1.82, 2.24) is 0 Å². The van der Waals surface area contributed by atoms with Gasteiger partial charge in [-0.2, -0.15) is 0 Å². The maximum atomic E-state index is 12.7. The first-order chi connectivity index (χ1) is 15.4. The number of aromatic carboxylic acids is 1. The summed E-state index contributed by atoms with van der Waals surface area (Å²) in [4.78, 5) is 24.9. The van der Waals surface area contributed by atoms with E-state index in [2.05, 4.69) is 0 Å². The summed E-state index contributed by atoms with van der Waals surface area (Å²) >= 11 is 32.9. The van der Waals surface area contributed by atoms with Crippen LogP contribution in [0.5, 0.6) is 5.75 Å². The molecule has 2 aromatic carbocycles. The monoisotopic (exact) mass is 1010 g/mol. The van der Waals surface area contributed by atoms with E-state index in [0.717, 1.165) is 0 Å². The average Bonchev–Trinajstić information content (AvgIpc) is 2.76. The second-order valence-electron chi connectivity index (χ2n) is 6.55. The molecule has 0 spiro atoms. The Morgan fingerprint density at radius 3 is 2.06 bits per heavy atom. The number of hydrogen-bond donors (Lipinski definition) is 1. The smallest absolute Gasteiger partial charge is 0.545 e. The number of rotatable bonds is 2. The van der Waals surface area contributed by atoms with E-state index >= 15 is 0 Å². The van der Waals surface area contributed by atoms with Crippen LogP contribution >= 0.6 is 137 Å². The predicted molar refractivity (Wildman–Crippen MR) is 161 cm³/mol. The maximum Gasteiger partial charge on any atom is 1.00 e. The molecule has 0 radical (unpaired) electrons. The zero-order valence-corrected chi connectivity index (χ0v) is 31.0. The van der Waals surface area contributed by atoms with E-state index in [1.165, 1.54) is 0 Å². The number of benzene rings is 3. The zero-order valence-electron chi connectivity index (χ0n) is 16.3. The summed E-state index contributed by atoms with van der Waals surface area (Å²) in [7, 11) is 0. The quantitative estimate of drug-likeness (QED) is 0.104. The molecule has 2 aromatic rings. The molecule has 2 aliphatic rings. The van der Waals surface area contributed by atoms with Gasteiger partial charge in [0.05, 0.1) is 36.8 Å². The molecule has 0 fully saturated rings. The molecule has 34 heavy (non-hydrogen) atoms. The topological polar surface area (TPSA) is 90.6 Å². The minimum Gasteiger partial charge on any atom is -0.545 e. The van der Waals surface area contributed by atoms with E-state index in [9.17, 15) is 19.8 Å². The summed E-state index contributed by atoms with van der Waals surface area (Å²) in [5.41, 5.74) is 0.149. The van der Waals surface area contributed by atoms with Crippen LogP contribution in [0.1, 0.15) is 10.4 Å². The Hall–Kier alpha value is 2.12. The molecular formula is C20H3Cl4I4KO5. The van der Waals surface area contributed by atoms with Crippen LogP contribution < -0.4 is 61.9 Å². The number of carbonyl (C=O) groups excluding carboxylic acids is 1. The van der Waals surface area contributed by atoms with Gasteiger partial charge in [0.25, 0.3) is 0 Å². The maximum absolute atomic E-state index is 12.7. The fourth-order valence-corrected chi connectivity index (χ4v) is 7.92. The minimum absolute atomic E-state index is 0. The van der Waals surface area contributed by atoms with Gasteiger partial charge in [0, 0.05) is 27.6 Å². The number of hydrogen-bond acceptors (Lipinski definition) is 5. The van der Waals surface area contributed by atoms with E-state index in [1.54, 1.807) is 12.1 Å². The number of aromatic hydroxyl groups is 1. The normalized spacial score (nSPS) is 11.2. The number of phenolic OH excluding ortho intramolecular Hbond substituents is 1. The number of phenols is 1. The van der Waals surface area contributed by atoms with Crippen LogP contribution in [0.4, 0.5) is 0 Å². The predicted octanol–water partition coefficient (Wildman–Crippen LogP) is 4.67. The number of carboxylic acids is 1. The van der Waals surface area contributed by atoms with E-state index in [0.29, 0.717) is 27.2 Å². The summed E-state index contributed by atoms with van der Waals surface area (Å²) < 4.78 is 7.56. The fourth-order valence-electron chi connectivity index (χ4n) is 3.32. The van der Waals surface area contributed by atoms with Crippen molar-refractivity contribution in [3.8, 4) is 28.2 Å². The molecule has 5 nitrogen and oxygen atoms in total. The summed E-state index contributed by atoms with van der Waals surface area (Å²) in [5, 5.41) is 22.3. The molecular weight excluding hydrogens is 1010 g/mol. The Kier molecular flexibility index (Phi) is 10.5. The van der Waals surface area contributed by atoms with Crippen molar-refractivity contribution in [1.29, 1.82) is 0 Å². The summed E-state index contributed by atoms with van der Waals surface area (Å²) in [6.45, 7) is 0. The van der Waals surface area contributed by atoms with Crippen LogP contribution in [0.25, 0.3) is 33.4 Å². The second-order valence-corrected chi connectivity index (χ2v) is 12.5. The number of carboxylic acid groups (broad SMARTS) is 1. The Bertz CT molecular complexity index is 1570. The fraction of sp³-hybridized carbons (Fsp3) is 0. The van der Waals surface area contributed by atoms with Crippen LogP contribution in [0.3, 0.4) is 0 Å². The molecule has 0 atom stereocenters. The molecule has 0 aromatic heterocycles. The largest absolute Gasteiger partial charge is 1.00 e. The Labute approximate surface area is 308 Å². The van der Waals surface area contributed by atoms with Gasteiger partial charge in [0.2, 0.25) is 5.43 Å². The third kappa shape index (κ3) is 5.05. The second kappa shape index (κ2) is 11.7. The summed E-state index contributed by atoms with van der Waals surface area (Å²) in [6.07, 6.45) is 0. The molecule has 0 amide bonds. The number of carbonyl (C=O) groups is 1. The zero-order chi connectivity index (χ0) is 24.5. The van der Waals surface area contributed by atoms with Crippen molar-refractivity contribution < 1.29 is 70.8 Å². The van der Waals surface area contributed by atoms with Crippen LogP contribution in [0, 0.1) is 14.3 Å². The van der Waals surface area contributed by atoms with E-state index in [-0.39, 0.29) is 103 Å². The van der Waals surface area contributed by atoms with Crippen molar-refractivity contribution in [2.45, 2.75) is 0 Å². The van der Waals surface area contributed by atoms with Gasteiger partial charge < -0.3 is 19.4 Å². The van der Waals surface area contributed by atoms with Gasteiger partial charge in [-0.05, 0) is 102 Å². The molecule has 0 saturated heterocycles. The molecule has 0 bridgehead atoms. The molecule has 1 aliphatic heterocycles. The standard InChI is InChI=1S/C20H4Cl4I4O5.K/c21-10-8(9(20(31)32)11(22)13(24)12(10)23)7-3-1-5(25)16(29)14(27)18(3)33-19-4(7)2-6(26)17(30)15(19)28;/h1-2,29H,(H,31,32);/q;+1/p-1. The van der Waals surface area contributed by atoms with Gasteiger partial charge in [0.15, 0.2) is 11.3 Å². The van der Waals surface area contributed by atoms with Gasteiger partial charge in [-0.1, -0.05) is 46.4 Å². The Morgan fingerprint density at radius 1 is 0.882 bits per heavy atom. The molecule has 1 N–H and O–H groups in total. The van der Waals surface area contributed by atoms with Gasteiger partial charge in [-0.15, -0.1) is 0 Å². The molecule has 14 heteroatoms. The molecule has 0 unspecified atom stereocenters. The average molecular weight is 1010 g/mol. The first-order valence-electron chi connectivity index (χ1n) is 8.41. The van der Waals surface area contributed by atoms with Crippen LogP contribution in [0.15, 0.2) is 21.3 Å². The van der Waals surface area contributed by atoms with Crippen molar-refractivity contribution in [2.75, 3.05) is 0 Å². The van der Waals surface area contributed by atoms with Gasteiger partial charge in [0.1, 0.15) is 9.32 Å². The van der Waals surface area contributed by atoms with Crippen molar-refractivity contribution in [3.63, 3.8) is 0 Å². The number of fused-ring (bicyclic) bond motifs is 2. The van der Waals surface area contributed by atoms with Gasteiger partial charge in [-0.3, -0.25) is 4.79 Å². The van der Waals surface area contributed by atoms with Crippen LogP contribution in [-0.4, -0.2) is 11.1 Å². The van der Waals surface area contributed by atoms with Crippen molar-refractivity contribution in [2.24, 2.45) is 0 Å². The van der Waals surface area contributed by atoms with Crippen LogP contribution in [0.2, 0.25) is 20.1 Å². The van der Waals surface area contributed by atoms with E-state index < -0.39 is 11.5 Å². The first-order valence-corrected chi connectivity index (χ1v) is 14.2. The Balaban J connectivity index is 0.00000324.